The minimum absolute atomic E-state index is 0.213. The topological polar surface area (TPSA) is 40.5 Å². The smallest absolute Gasteiger partial charge is 0.0721 e. The number of aliphatic hydroxyl groups excluding tert-OH is 2. The molecule has 2 N–H and O–H groups in total. The molecule has 0 aromatic heterocycles. The van der Waals surface area contributed by atoms with Gasteiger partial charge < -0.3 is 10.2 Å². The van der Waals surface area contributed by atoms with Crippen LogP contribution >= 0.6 is 11.8 Å². The second-order valence-corrected chi connectivity index (χ2v) is 8.04. The van der Waals surface area contributed by atoms with Crippen molar-refractivity contribution in [3.8, 4) is 0 Å². The summed E-state index contributed by atoms with van der Waals surface area (Å²) in [6, 6.07) is 0. The maximum atomic E-state index is 10.3. The number of unbranched alkanes of at least 4 members (excludes halogenated alkanes) is 2. The first kappa shape index (κ1) is 18.1. The van der Waals surface area contributed by atoms with E-state index in [2.05, 4.69) is 25.3 Å². The molecule has 2 nitrogen and oxygen atoms in total. The standard InChI is InChI=1S/C19H32O2S/c1-3-5-6-7-16(20)8-9-17-18-11-14(13-22-4-2)10-15(18)12-19(17)21/h8-9,13,15-21H,3-7,10-12H2,1-2H3/t15-,16-,17+,18-,19+/m0/s1. The van der Waals surface area contributed by atoms with Gasteiger partial charge in [-0.3, -0.25) is 0 Å². The van der Waals surface area contributed by atoms with Crippen molar-refractivity contribution in [3.63, 3.8) is 0 Å². The lowest BCUT2D eigenvalue weighted by Crippen LogP contribution is -2.17. The molecule has 126 valence electrons. The van der Waals surface area contributed by atoms with E-state index in [1.54, 1.807) is 5.57 Å². The molecule has 0 bridgehead atoms. The van der Waals surface area contributed by atoms with Gasteiger partial charge in [-0.1, -0.05) is 50.8 Å². The maximum Gasteiger partial charge on any atom is 0.0721 e. The maximum absolute atomic E-state index is 10.3. The van der Waals surface area contributed by atoms with Crippen LogP contribution < -0.4 is 0 Å². The van der Waals surface area contributed by atoms with E-state index in [0.717, 1.165) is 37.9 Å². The van der Waals surface area contributed by atoms with E-state index in [0.29, 0.717) is 11.8 Å². The molecular weight excluding hydrogens is 292 g/mol. The van der Waals surface area contributed by atoms with Crippen LogP contribution in [0.4, 0.5) is 0 Å². The van der Waals surface area contributed by atoms with Crippen molar-refractivity contribution in [2.24, 2.45) is 17.8 Å². The van der Waals surface area contributed by atoms with Gasteiger partial charge >= 0.3 is 0 Å². The Balaban J connectivity index is 1.87. The predicted octanol–water partition coefficient (Wildman–Crippen LogP) is 4.53. The van der Waals surface area contributed by atoms with Crippen molar-refractivity contribution in [2.45, 2.75) is 71.0 Å². The Morgan fingerprint density at radius 2 is 2.09 bits per heavy atom. The summed E-state index contributed by atoms with van der Waals surface area (Å²) in [7, 11) is 0. The highest BCUT2D eigenvalue weighted by Crippen LogP contribution is 2.50. The summed E-state index contributed by atoms with van der Waals surface area (Å²) in [6.07, 6.45) is 11.0. The van der Waals surface area contributed by atoms with Crippen LogP contribution in [0, 0.1) is 17.8 Å². The van der Waals surface area contributed by atoms with Gasteiger partial charge in [0.05, 0.1) is 12.2 Å². The molecule has 2 aliphatic rings. The third-order valence-corrected chi connectivity index (χ3v) is 6.02. The van der Waals surface area contributed by atoms with Crippen LogP contribution in [0.25, 0.3) is 0 Å². The van der Waals surface area contributed by atoms with Crippen molar-refractivity contribution < 1.29 is 10.2 Å². The number of hydrogen-bond acceptors (Lipinski definition) is 3. The molecule has 22 heavy (non-hydrogen) atoms. The number of fused-ring (bicyclic) bond motifs is 1. The minimum atomic E-state index is -0.343. The molecule has 2 fully saturated rings. The molecule has 0 spiro atoms. The van der Waals surface area contributed by atoms with E-state index < -0.39 is 0 Å². The summed E-state index contributed by atoms with van der Waals surface area (Å²) in [5, 5.41) is 22.7. The Bertz CT molecular complexity index is 391. The molecule has 2 rings (SSSR count). The van der Waals surface area contributed by atoms with Crippen LogP contribution in [0.5, 0.6) is 0 Å². The molecule has 2 aliphatic carbocycles. The van der Waals surface area contributed by atoms with E-state index in [4.69, 9.17) is 0 Å². The highest BCUT2D eigenvalue weighted by Gasteiger charge is 2.44. The monoisotopic (exact) mass is 324 g/mol. The van der Waals surface area contributed by atoms with E-state index in [9.17, 15) is 10.2 Å². The van der Waals surface area contributed by atoms with Gasteiger partial charge in [-0.25, -0.2) is 0 Å². The first-order chi connectivity index (χ1) is 10.7. The lowest BCUT2D eigenvalue weighted by Gasteiger charge is -2.17. The number of rotatable bonds is 8. The van der Waals surface area contributed by atoms with Gasteiger partial charge in [0.25, 0.3) is 0 Å². The van der Waals surface area contributed by atoms with E-state index in [1.165, 1.54) is 12.8 Å². The molecule has 0 aromatic carbocycles. The summed E-state index contributed by atoms with van der Waals surface area (Å²) >= 11 is 1.89. The fourth-order valence-electron chi connectivity index (χ4n) is 4.03. The lowest BCUT2D eigenvalue weighted by atomic mass is 9.90. The van der Waals surface area contributed by atoms with Crippen LogP contribution in [-0.2, 0) is 0 Å². The highest BCUT2D eigenvalue weighted by molar-refractivity contribution is 8.02. The summed E-state index contributed by atoms with van der Waals surface area (Å²) in [6.45, 7) is 4.37. The Kier molecular flexibility index (Phi) is 7.52. The molecule has 2 saturated carbocycles. The van der Waals surface area contributed by atoms with Crippen LogP contribution in [0.2, 0.25) is 0 Å². The number of hydrogen-bond donors (Lipinski definition) is 2. The molecule has 0 radical (unpaired) electrons. The Morgan fingerprint density at radius 1 is 1.27 bits per heavy atom. The van der Waals surface area contributed by atoms with Crippen LogP contribution in [0.15, 0.2) is 23.1 Å². The quantitative estimate of drug-likeness (QED) is 0.509. The van der Waals surface area contributed by atoms with Gasteiger partial charge in [0.1, 0.15) is 0 Å². The molecule has 0 saturated heterocycles. The van der Waals surface area contributed by atoms with E-state index >= 15 is 0 Å². The molecule has 0 heterocycles. The van der Waals surface area contributed by atoms with Gasteiger partial charge in [0, 0.05) is 5.92 Å². The molecule has 3 heteroatoms. The van der Waals surface area contributed by atoms with E-state index in [1.807, 2.05) is 17.8 Å². The van der Waals surface area contributed by atoms with Gasteiger partial charge in [-0.05, 0) is 48.7 Å². The zero-order valence-corrected chi connectivity index (χ0v) is 14.9. The minimum Gasteiger partial charge on any atom is -0.392 e. The Morgan fingerprint density at radius 3 is 2.82 bits per heavy atom. The number of aliphatic hydroxyl groups is 2. The van der Waals surface area contributed by atoms with Crippen LogP contribution in [-0.4, -0.2) is 28.2 Å². The molecule has 0 amide bonds. The SMILES string of the molecule is CCCCC[C@H](O)C=C[C@@H]1[C@H]2CC(=CSCC)C[C@H]2C[C@H]1O. The van der Waals surface area contributed by atoms with Crippen molar-refractivity contribution in [3.05, 3.63) is 23.1 Å². The average molecular weight is 325 g/mol. The highest BCUT2D eigenvalue weighted by atomic mass is 32.2. The van der Waals surface area contributed by atoms with Gasteiger partial charge in [0.15, 0.2) is 0 Å². The van der Waals surface area contributed by atoms with Crippen LogP contribution in [0.3, 0.4) is 0 Å². The Hall–Kier alpha value is -0.250. The van der Waals surface area contributed by atoms with Gasteiger partial charge in [-0.15, -0.1) is 11.8 Å². The lowest BCUT2D eigenvalue weighted by molar-refractivity contribution is 0.139. The zero-order chi connectivity index (χ0) is 15.9. The molecule has 0 aliphatic heterocycles. The molecule has 0 unspecified atom stereocenters. The third-order valence-electron chi connectivity index (χ3n) is 5.19. The summed E-state index contributed by atoms with van der Waals surface area (Å²) in [4.78, 5) is 0. The largest absolute Gasteiger partial charge is 0.392 e. The molecule has 0 aromatic rings. The fraction of sp³-hybridized carbons (Fsp3) is 0.789. The molecule has 5 atom stereocenters. The summed E-state index contributed by atoms with van der Waals surface area (Å²) in [5.74, 6) is 2.60. The average Bonchev–Trinajstić information content (AvgIpc) is 3.00. The van der Waals surface area contributed by atoms with Crippen molar-refractivity contribution in [2.75, 3.05) is 5.75 Å². The van der Waals surface area contributed by atoms with Gasteiger partial charge in [-0.2, -0.15) is 0 Å². The third kappa shape index (κ3) is 4.87. The number of allylic oxidation sites excluding steroid dienone is 1. The van der Waals surface area contributed by atoms with Crippen molar-refractivity contribution >= 4 is 11.8 Å². The second-order valence-electron chi connectivity index (χ2n) is 6.89. The first-order valence-electron chi connectivity index (χ1n) is 8.99. The summed E-state index contributed by atoms with van der Waals surface area (Å²) in [5.41, 5.74) is 1.57. The normalized spacial score (nSPS) is 34.6. The van der Waals surface area contributed by atoms with Gasteiger partial charge in [0.2, 0.25) is 0 Å². The predicted molar refractivity (Wildman–Crippen MR) is 95.8 cm³/mol. The number of thioether (sulfide) groups is 1. The summed E-state index contributed by atoms with van der Waals surface area (Å²) < 4.78 is 0. The Labute approximate surface area is 140 Å². The zero-order valence-electron chi connectivity index (χ0n) is 14.1. The fourth-order valence-corrected chi connectivity index (χ4v) is 4.62. The second kappa shape index (κ2) is 9.14. The van der Waals surface area contributed by atoms with E-state index in [-0.39, 0.29) is 18.1 Å². The molecular formula is C19H32O2S. The van der Waals surface area contributed by atoms with Crippen LogP contribution in [0.1, 0.15) is 58.8 Å². The first-order valence-corrected chi connectivity index (χ1v) is 10.0. The van der Waals surface area contributed by atoms with Crippen molar-refractivity contribution in [1.82, 2.24) is 0 Å². The van der Waals surface area contributed by atoms with Crippen molar-refractivity contribution in [1.29, 1.82) is 0 Å².